The summed E-state index contributed by atoms with van der Waals surface area (Å²) < 4.78 is 5.01. The Balaban J connectivity index is 2.23. The number of methoxy groups -OCH3 is 1. The number of rotatable bonds is 4. The second-order valence-electron chi connectivity index (χ2n) is 3.34. The van der Waals surface area contributed by atoms with Gasteiger partial charge in [-0.1, -0.05) is 6.92 Å². The Kier molecular flexibility index (Phi) is 2.59. The van der Waals surface area contributed by atoms with Gasteiger partial charge < -0.3 is 4.74 Å². The van der Waals surface area contributed by atoms with E-state index >= 15 is 0 Å². The van der Waals surface area contributed by atoms with E-state index in [1.54, 1.807) is 7.11 Å². The topological polar surface area (TPSA) is 9.23 Å². The van der Waals surface area contributed by atoms with Crippen LogP contribution in [0.1, 0.15) is 19.8 Å². The van der Waals surface area contributed by atoms with E-state index in [0.29, 0.717) is 5.41 Å². The average molecular weight is 163 g/mol. The Morgan fingerprint density at radius 2 is 2.30 bits per heavy atom. The fourth-order valence-electron chi connectivity index (χ4n) is 1.46. The lowest BCUT2D eigenvalue weighted by Gasteiger charge is -2.10. The molecule has 0 amide bonds. The van der Waals surface area contributed by atoms with Crippen LogP contribution in [0.25, 0.3) is 0 Å². The molecule has 1 aliphatic carbocycles. The molecule has 0 spiro atoms. The predicted molar refractivity (Wildman–Crippen MR) is 43.4 cm³/mol. The molecule has 0 bridgehead atoms. The normalized spacial score (nSPS) is 38.1. The van der Waals surface area contributed by atoms with Crippen LogP contribution in [0, 0.1) is 11.3 Å². The molecule has 1 nitrogen and oxygen atoms in total. The van der Waals surface area contributed by atoms with Crippen molar-refractivity contribution >= 4 is 11.6 Å². The third-order valence-corrected chi connectivity index (χ3v) is 3.20. The van der Waals surface area contributed by atoms with Crippen LogP contribution in [0.15, 0.2) is 0 Å². The zero-order chi connectivity index (χ0) is 7.61. The van der Waals surface area contributed by atoms with Gasteiger partial charge in [0.25, 0.3) is 0 Å². The van der Waals surface area contributed by atoms with Crippen LogP contribution in [-0.4, -0.2) is 19.6 Å². The molecule has 1 saturated carbocycles. The van der Waals surface area contributed by atoms with E-state index in [9.17, 15) is 0 Å². The standard InChI is InChI=1S/C8H15ClO/c1-7-5-8(7,6-9)3-4-10-2/h7H,3-6H2,1-2H3. The fourth-order valence-corrected chi connectivity index (χ4v) is 1.96. The van der Waals surface area contributed by atoms with Crippen LogP contribution in [0.5, 0.6) is 0 Å². The maximum Gasteiger partial charge on any atom is 0.0468 e. The zero-order valence-electron chi connectivity index (χ0n) is 6.69. The molecule has 10 heavy (non-hydrogen) atoms. The highest BCUT2D eigenvalue weighted by Crippen LogP contribution is 2.55. The number of alkyl halides is 1. The Morgan fingerprint density at radius 3 is 2.60 bits per heavy atom. The van der Waals surface area contributed by atoms with Crippen LogP contribution in [0.3, 0.4) is 0 Å². The Hall–Kier alpha value is 0.250. The van der Waals surface area contributed by atoms with Crippen molar-refractivity contribution in [2.45, 2.75) is 19.8 Å². The summed E-state index contributed by atoms with van der Waals surface area (Å²) in [5.41, 5.74) is 0.442. The summed E-state index contributed by atoms with van der Waals surface area (Å²) in [6.45, 7) is 3.12. The molecular weight excluding hydrogens is 148 g/mol. The predicted octanol–water partition coefficient (Wildman–Crippen LogP) is 2.29. The molecule has 1 fully saturated rings. The van der Waals surface area contributed by atoms with Gasteiger partial charge >= 0.3 is 0 Å². The molecule has 2 unspecified atom stereocenters. The molecule has 0 aliphatic heterocycles. The molecule has 0 N–H and O–H groups in total. The minimum atomic E-state index is 0.442. The molecule has 0 aromatic carbocycles. The van der Waals surface area contributed by atoms with Crippen molar-refractivity contribution in [1.29, 1.82) is 0 Å². The van der Waals surface area contributed by atoms with Crippen molar-refractivity contribution < 1.29 is 4.74 Å². The molecule has 2 heteroatoms. The van der Waals surface area contributed by atoms with Crippen molar-refractivity contribution in [3.8, 4) is 0 Å². The summed E-state index contributed by atoms with van der Waals surface area (Å²) in [4.78, 5) is 0. The van der Waals surface area contributed by atoms with Crippen molar-refractivity contribution in [1.82, 2.24) is 0 Å². The summed E-state index contributed by atoms with van der Waals surface area (Å²) in [6, 6.07) is 0. The Morgan fingerprint density at radius 1 is 1.70 bits per heavy atom. The highest BCUT2D eigenvalue weighted by molar-refractivity contribution is 6.18. The number of hydrogen-bond acceptors (Lipinski definition) is 1. The molecule has 60 valence electrons. The highest BCUT2D eigenvalue weighted by atomic mass is 35.5. The first-order valence-electron chi connectivity index (χ1n) is 3.80. The van der Waals surface area contributed by atoms with E-state index in [-0.39, 0.29) is 0 Å². The second kappa shape index (κ2) is 3.10. The van der Waals surface area contributed by atoms with E-state index in [2.05, 4.69) is 6.92 Å². The van der Waals surface area contributed by atoms with Crippen LogP contribution in [0.2, 0.25) is 0 Å². The first-order chi connectivity index (χ1) is 4.75. The van der Waals surface area contributed by atoms with Gasteiger partial charge in [0, 0.05) is 19.6 Å². The van der Waals surface area contributed by atoms with Gasteiger partial charge in [-0.05, 0) is 24.2 Å². The third-order valence-electron chi connectivity index (χ3n) is 2.67. The van der Waals surface area contributed by atoms with Crippen molar-refractivity contribution in [3.05, 3.63) is 0 Å². The number of ether oxygens (including phenoxy) is 1. The second-order valence-corrected chi connectivity index (χ2v) is 3.61. The molecule has 0 radical (unpaired) electrons. The summed E-state index contributed by atoms with van der Waals surface area (Å²) in [5.74, 6) is 1.62. The van der Waals surface area contributed by atoms with Crippen molar-refractivity contribution in [3.63, 3.8) is 0 Å². The minimum Gasteiger partial charge on any atom is -0.385 e. The summed E-state index contributed by atoms with van der Waals surface area (Å²) >= 11 is 5.83. The first-order valence-corrected chi connectivity index (χ1v) is 4.33. The quantitative estimate of drug-likeness (QED) is 0.577. The first kappa shape index (κ1) is 8.35. The summed E-state index contributed by atoms with van der Waals surface area (Å²) in [5, 5.41) is 0. The SMILES string of the molecule is COCCC1(CCl)CC1C. The van der Waals surface area contributed by atoms with Gasteiger partial charge in [0.2, 0.25) is 0 Å². The van der Waals surface area contributed by atoms with Crippen LogP contribution in [0.4, 0.5) is 0 Å². The number of halogens is 1. The lowest BCUT2D eigenvalue weighted by Crippen LogP contribution is -2.08. The van der Waals surface area contributed by atoms with Crippen LogP contribution >= 0.6 is 11.6 Å². The van der Waals surface area contributed by atoms with Gasteiger partial charge in [-0.3, -0.25) is 0 Å². The van der Waals surface area contributed by atoms with E-state index < -0.39 is 0 Å². The van der Waals surface area contributed by atoms with Crippen LogP contribution < -0.4 is 0 Å². The monoisotopic (exact) mass is 162 g/mol. The van der Waals surface area contributed by atoms with E-state index in [4.69, 9.17) is 16.3 Å². The molecule has 1 aliphatic rings. The van der Waals surface area contributed by atoms with Crippen molar-refractivity contribution in [2.75, 3.05) is 19.6 Å². The Labute approximate surface area is 67.7 Å². The van der Waals surface area contributed by atoms with Gasteiger partial charge in [-0.15, -0.1) is 11.6 Å². The maximum absolute atomic E-state index is 5.83. The molecule has 0 saturated heterocycles. The van der Waals surface area contributed by atoms with Crippen LogP contribution in [-0.2, 0) is 4.74 Å². The van der Waals surface area contributed by atoms with Gasteiger partial charge in [0.05, 0.1) is 0 Å². The lowest BCUT2D eigenvalue weighted by molar-refractivity contribution is 0.174. The third kappa shape index (κ3) is 1.46. The molecule has 0 aromatic heterocycles. The maximum atomic E-state index is 5.83. The van der Waals surface area contributed by atoms with Crippen molar-refractivity contribution in [2.24, 2.45) is 11.3 Å². The van der Waals surface area contributed by atoms with E-state index in [0.717, 1.165) is 24.8 Å². The zero-order valence-corrected chi connectivity index (χ0v) is 7.45. The molecule has 1 rings (SSSR count). The van der Waals surface area contributed by atoms with Gasteiger partial charge in [-0.2, -0.15) is 0 Å². The molecule has 0 aromatic rings. The number of hydrogen-bond donors (Lipinski definition) is 0. The fraction of sp³-hybridized carbons (Fsp3) is 1.00. The molecular formula is C8H15ClO. The largest absolute Gasteiger partial charge is 0.385 e. The average Bonchev–Trinajstić information content (AvgIpc) is 2.59. The van der Waals surface area contributed by atoms with Gasteiger partial charge in [0.15, 0.2) is 0 Å². The Bertz CT molecular complexity index is 112. The summed E-state index contributed by atoms with van der Waals surface area (Å²) in [6.07, 6.45) is 2.42. The summed E-state index contributed by atoms with van der Waals surface area (Å²) in [7, 11) is 1.75. The van der Waals surface area contributed by atoms with Gasteiger partial charge in [-0.25, -0.2) is 0 Å². The van der Waals surface area contributed by atoms with E-state index in [1.165, 1.54) is 6.42 Å². The minimum absolute atomic E-state index is 0.442. The highest BCUT2D eigenvalue weighted by Gasteiger charge is 2.49. The molecule has 2 atom stereocenters. The van der Waals surface area contributed by atoms with E-state index in [1.807, 2.05) is 0 Å². The van der Waals surface area contributed by atoms with Gasteiger partial charge in [0.1, 0.15) is 0 Å². The lowest BCUT2D eigenvalue weighted by atomic mass is 10.0. The molecule has 0 heterocycles. The smallest absolute Gasteiger partial charge is 0.0468 e.